The minimum absolute atomic E-state index is 0.583. The van der Waals surface area contributed by atoms with Crippen LogP contribution in [0.3, 0.4) is 0 Å². The Labute approximate surface area is 118 Å². The van der Waals surface area contributed by atoms with Crippen LogP contribution in [0, 0.1) is 12.8 Å². The topological polar surface area (TPSA) is 15.3 Å². The number of hydrogen-bond donors (Lipinski definition) is 1. The van der Waals surface area contributed by atoms with Gasteiger partial charge in [-0.1, -0.05) is 43.2 Å². The fraction of sp³-hybridized carbons (Fsp3) is 0.647. The molecule has 0 amide bonds. The molecule has 2 rings (SSSR count). The summed E-state index contributed by atoms with van der Waals surface area (Å²) in [4.78, 5) is 2.67. The summed E-state index contributed by atoms with van der Waals surface area (Å²) in [7, 11) is 2.08. The predicted molar refractivity (Wildman–Crippen MR) is 82.4 cm³/mol. The molecule has 1 heterocycles. The Balaban J connectivity index is 2.31. The highest BCUT2D eigenvalue weighted by molar-refractivity contribution is 5.26. The van der Waals surface area contributed by atoms with Crippen LogP contribution in [0.5, 0.6) is 0 Å². The van der Waals surface area contributed by atoms with Crippen LogP contribution in [-0.2, 0) is 0 Å². The predicted octanol–water partition coefficient (Wildman–Crippen LogP) is 3.38. The standard InChI is InChI=1S/C17H28N2/c1-4-19-11-6-5-9-16(13-18-3)17(19)15-10-7-8-14(2)12-15/h7-8,10,12,16-18H,4-6,9,11,13H2,1-3H3. The van der Waals surface area contributed by atoms with E-state index in [2.05, 4.69) is 55.4 Å². The summed E-state index contributed by atoms with van der Waals surface area (Å²) in [6.45, 7) is 8.01. The number of benzene rings is 1. The van der Waals surface area contributed by atoms with Crippen molar-refractivity contribution in [3.8, 4) is 0 Å². The fourth-order valence-electron chi connectivity index (χ4n) is 3.48. The van der Waals surface area contributed by atoms with Gasteiger partial charge in [0.1, 0.15) is 0 Å². The van der Waals surface area contributed by atoms with E-state index in [0.29, 0.717) is 6.04 Å². The van der Waals surface area contributed by atoms with E-state index in [1.54, 1.807) is 0 Å². The minimum atomic E-state index is 0.583. The molecule has 2 unspecified atom stereocenters. The quantitative estimate of drug-likeness (QED) is 0.893. The van der Waals surface area contributed by atoms with Crippen LogP contribution in [0.1, 0.15) is 43.4 Å². The minimum Gasteiger partial charge on any atom is -0.319 e. The van der Waals surface area contributed by atoms with Crippen LogP contribution in [0.4, 0.5) is 0 Å². The third kappa shape index (κ3) is 3.58. The molecule has 0 spiro atoms. The van der Waals surface area contributed by atoms with Gasteiger partial charge in [0.15, 0.2) is 0 Å². The molecule has 106 valence electrons. The van der Waals surface area contributed by atoms with Crippen LogP contribution >= 0.6 is 0 Å². The highest BCUT2D eigenvalue weighted by atomic mass is 15.2. The van der Waals surface area contributed by atoms with Crippen molar-refractivity contribution in [2.24, 2.45) is 5.92 Å². The highest BCUT2D eigenvalue weighted by Crippen LogP contribution is 2.34. The van der Waals surface area contributed by atoms with Gasteiger partial charge >= 0.3 is 0 Å². The Morgan fingerprint density at radius 1 is 1.32 bits per heavy atom. The van der Waals surface area contributed by atoms with Crippen molar-refractivity contribution in [1.29, 1.82) is 0 Å². The van der Waals surface area contributed by atoms with Crippen molar-refractivity contribution >= 4 is 0 Å². The molecule has 0 saturated carbocycles. The second kappa shape index (κ2) is 7.06. The Morgan fingerprint density at radius 3 is 2.84 bits per heavy atom. The average molecular weight is 260 g/mol. The van der Waals surface area contributed by atoms with E-state index in [1.165, 1.54) is 36.9 Å². The van der Waals surface area contributed by atoms with Crippen molar-refractivity contribution < 1.29 is 0 Å². The van der Waals surface area contributed by atoms with E-state index < -0.39 is 0 Å². The molecular weight excluding hydrogens is 232 g/mol. The smallest absolute Gasteiger partial charge is 0.0388 e. The number of rotatable bonds is 4. The zero-order valence-electron chi connectivity index (χ0n) is 12.7. The molecule has 1 N–H and O–H groups in total. The molecule has 2 atom stereocenters. The fourth-order valence-corrected chi connectivity index (χ4v) is 3.48. The van der Waals surface area contributed by atoms with Gasteiger partial charge in [0.2, 0.25) is 0 Å². The van der Waals surface area contributed by atoms with E-state index in [1.807, 2.05) is 0 Å². The summed E-state index contributed by atoms with van der Waals surface area (Å²) in [6.07, 6.45) is 4.05. The molecule has 1 aromatic rings. The summed E-state index contributed by atoms with van der Waals surface area (Å²) < 4.78 is 0. The zero-order chi connectivity index (χ0) is 13.7. The monoisotopic (exact) mass is 260 g/mol. The molecule has 1 aliphatic rings. The van der Waals surface area contributed by atoms with Crippen LogP contribution < -0.4 is 5.32 Å². The van der Waals surface area contributed by atoms with Crippen molar-refractivity contribution in [2.75, 3.05) is 26.7 Å². The van der Waals surface area contributed by atoms with Crippen molar-refractivity contribution in [2.45, 2.75) is 39.2 Å². The van der Waals surface area contributed by atoms with Crippen LogP contribution in [0.15, 0.2) is 24.3 Å². The lowest BCUT2D eigenvalue weighted by Crippen LogP contribution is -2.36. The van der Waals surface area contributed by atoms with E-state index in [4.69, 9.17) is 0 Å². The molecule has 2 heteroatoms. The van der Waals surface area contributed by atoms with Gasteiger partial charge in [-0.25, -0.2) is 0 Å². The van der Waals surface area contributed by atoms with Gasteiger partial charge in [0.25, 0.3) is 0 Å². The van der Waals surface area contributed by atoms with Crippen molar-refractivity contribution in [3.05, 3.63) is 35.4 Å². The maximum absolute atomic E-state index is 3.40. The highest BCUT2D eigenvalue weighted by Gasteiger charge is 2.29. The normalized spacial score (nSPS) is 25.2. The molecule has 1 aliphatic heterocycles. The Morgan fingerprint density at radius 2 is 2.16 bits per heavy atom. The maximum Gasteiger partial charge on any atom is 0.0388 e. The first-order valence-corrected chi connectivity index (χ1v) is 7.71. The first-order chi connectivity index (χ1) is 9.26. The van der Waals surface area contributed by atoms with Gasteiger partial charge in [0.05, 0.1) is 0 Å². The van der Waals surface area contributed by atoms with E-state index in [9.17, 15) is 0 Å². The Bertz CT molecular complexity index is 389. The summed E-state index contributed by atoms with van der Waals surface area (Å²) in [5.74, 6) is 0.731. The first-order valence-electron chi connectivity index (χ1n) is 7.71. The van der Waals surface area contributed by atoms with Gasteiger partial charge in [-0.2, -0.15) is 0 Å². The molecule has 0 aliphatic carbocycles. The Hall–Kier alpha value is -0.860. The zero-order valence-corrected chi connectivity index (χ0v) is 12.7. The lowest BCUT2D eigenvalue weighted by Gasteiger charge is -2.35. The van der Waals surface area contributed by atoms with Gasteiger partial charge in [0, 0.05) is 6.04 Å². The second-order valence-electron chi connectivity index (χ2n) is 5.80. The van der Waals surface area contributed by atoms with Gasteiger partial charge in [-0.15, -0.1) is 0 Å². The summed E-state index contributed by atoms with van der Waals surface area (Å²) >= 11 is 0. The molecule has 2 nitrogen and oxygen atoms in total. The van der Waals surface area contributed by atoms with Crippen LogP contribution in [0.2, 0.25) is 0 Å². The largest absolute Gasteiger partial charge is 0.319 e. The number of likely N-dealkylation sites (tertiary alicyclic amines) is 1. The van der Waals surface area contributed by atoms with Gasteiger partial charge < -0.3 is 5.32 Å². The molecule has 0 radical (unpaired) electrons. The lowest BCUT2D eigenvalue weighted by atomic mass is 9.88. The number of aryl methyl sites for hydroxylation is 1. The van der Waals surface area contributed by atoms with E-state index in [-0.39, 0.29) is 0 Å². The molecule has 1 fully saturated rings. The van der Waals surface area contributed by atoms with E-state index in [0.717, 1.165) is 19.0 Å². The average Bonchev–Trinajstić information content (AvgIpc) is 2.61. The van der Waals surface area contributed by atoms with Gasteiger partial charge in [-0.05, 0) is 57.9 Å². The van der Waals surface area contributed by atoms with Crippen molar-refractivity contribution in [3.63, 3.8) is 0 Å². The second-order valence-corrected chi connectivity index (χ2v) is 5.80. The molecule has 1 saturated heterocycles. The summed E-state index contributed by atoms with van der Waals surface area (Å²) in [5.41, 5.74) is 2.88. The third-order valence-electron chi connectivity index (χ3n) is 4.37. The molecule has 19 heavy (non-hydrogen) atoms. The number of hydrogen-bond acceptors (Lipinski definition) is 2. The molecular formula is C17H28N2. The van der Waals surface area contributed by atoms with Gasteiger partial charge in [-0.3, -0.25) is 4.90 Å². The summed E-state index contributed by atoms with van der Waals surface area (Å²) in [5, 5.41) is 3.40. The van der Waals surface area contributed by atoms with Crippen molar-refractivity contribution in [1.82, 2.24) is 10.2 Å². The summed E-state index contributed by atoms with van der Waals surface area (Å²) in [6, 6.07) is 9.68. The lowest BCUT2D eigenvalue weighted by molar-refractivity contribution is 0.162. The van der Waals surface area contributed by atoms with E-state index >= 15 is 0 Å². The molecule has 1 aromatic carbocycles. The number of nitrogens with zero attached hydrogens (tertiary/aromatic N) is 1. The first kappa shape index (κ1) is 14.5. The third-order valence-corrected chi connectivity index (χ3v) is 4.37. The maximum atomic E-state index is 3.40. The molecule has 0 aromatic heterocycles. The SMILES string of the molecule is CCN1CCCCC(CNC)C1c1cccc(C)c1. The van der Waals surface area contributed by atoms with Crippen LogP contribution in [-0.4, -0.2) is 31.6 Å². The number of nitrogens with one attached hydrogen (secondary N) is 1. The Kier molecular flexibility index (Phi) is 5.41. The van der Waals surface area contributed by atoms with Crippen LogP contribution in [0.25, 0.3) is 0 Å². The molecule has 0 bridgehead atoms.